The van der Waals surface area contributed by atoms with E-state index in [1.54, 1.807) is 11.4 Å². The SMILES string of the molecule is O=C1NC(=O)c2cc(C(c3ccc4c(c3)C(=O)N(c3ccc(-c5cccc(O)c5)cc3O)C4=O)(C(F)(F)F)C(F)(F)F)ccc21. The van der Waals surface area contributed by atoms with Gasteiger partial charge in [-0.2, -0.15) is 26.3 Å². The van der Waals surface area contributed by atoms with E-state index in [2.05, 4.69) is 0 Å². The Morgan fingerprint density at radius 1 is 0.578 bits per heavy atom. The highest BCUT2D eigenvalue weighted by Gasteiger charge is 2.73. The molecule has 0 spiro atoms. The number of alkyl halides is 6. The number of anilines is 1. The van der Waals surface area contributed by atoms with E-state index >= 15 is 0 Å². The van der Waals surface area contributed by atoms with Gasteiger partial charge in [0.2, 0.25) is 5.41 Å². The zero-order valence-corrected chi connectivity index (χ0v) is 22.2. The van der Waals surface area contributed by atoms with E-state index in [1.807, 2.05) is 0 Å². The number of fused-ring (bicyclic) bond motifs is 2. The maximum atomic E-state index is 14.8. The Morgan fingerprint density at radius 3 is 1.73 bits per heavy atom. The lowest BCUT2D eigenvalue weighted by Gasteiger charge is -2.38. The molecule has 3 N–H and O–H groups in total. The highest BCUT2D eigenvalue weighted by atomic mass is 19.4. The normalized spacial score (nSPS) is 14.9. The van der Waals surface area contributed by atoms with Crippen molar-refractivity contribution in [2.45, 2.75) is 17.8 Å². The van der Waals surface area contributed by atoms with Crippen molar-refractivity contribution < 1.29 is 55.7 Å². The predicted octanol–water partition coefficient (Wildman–Crippen LogP) is 5.86. The number of amides is 4. The van der Waals surface area contributed by atoms with Crippen LogP contribution in [0.2, 0.25) is 0 Å². The van der Waals surface area contributed by atoms with Gasteiger partial charge < -0.3 is 10.2 Å². The molecule has 8 nitrogen and oxygen atoms in total. The Kier molecular flexibility index (Phi) is 6.32. The third-order valence-corrected chi connectivity index (χ3v) is 7.73. The first-order valence-electron chi connectivity index (χ1n) is 12.9. The molecule has 45 heavy (non-hydrogen) atoms. The molecule has 0 saturated heterocycles. The number of aromatic hydroxyl groups is 2. The summed E-state index contributed by atoms with van der Waals surface area (Å²) in [5.74, 6) is -5.29. The molecule has 0 fully saturated rings. The van der Waals surface area contributed by atoms with Gasteiger partial charge in [0.15, 0.2) is 0 Å². The van der Waals surface area contributed by atoms with Gasteiger partial charge in [0.25, 0.3) is 23.6 Å². The number of hydrogen-bond acceptors (Lipinski definition) is 6. The summed E-state index contributed by atoms with van der Waals surface area (Å²) in [6, 6.07) is 12.4. The number of nitrogens with one attached hydrogen (secondary N) is 1. The van der Waals surface area contributed by atoms with Gasteiger partial charge in [-0.3, -0.25) is 24.5 Å². The lowest BCUT2D eigenvalue weighted by molar-refractivity contribution is -0.288. The van der Waals surface area contributed by atoms with Gasteiger partial charge in [-0.25, -0.2) is 4.90 Å². The second-order valence-electron chi connectivity index (χ2n) is 10.2. The molecule has 0 aliphatic carbocycles. The van der Waals surface area contributed by atoms with Crippen molar-refractivity contribution in [1.82, 2.24) is 5.32 Å². The van der Waals surface area contributed by atoms with Crippen LogP contribution < -0.4 is 10.2 Å². The van der Waals surface area contributed by atoms with Crippen LogP contribution in [0.15, 0.2) is 78.9 Å². The van der Waals surface area contributed by atoms with Gasteiger partial charge in [-0.1, -0.05) is 30.3 Å². The molecule has 0 aromatic heterocycles. The second kappa shape index (κ2) is 9.67. The predicted molar refractivity (Wildman–Crippen MR) is 144 cm³/mol. The minimum atomic E-state index is -6.10. The summed E-state index contributed by atoms with van der Waals surface area (Å²) in [5.41, 5.74) is -9.71. The van der Waals surface area contributed by atoms with E-state index in [9.17, 15) is 55.7 Å². The standard InChI is InChI=1S/C31H16F6N2O6/c32-30(33,34)29(31(35,36)37,16-5-7-19-21(12-16)26(43)38-25(19)42)17-6-8-20-22(13-17)28(45)39(27(20)44)23-9-4-15(11-24(23)41)14-2-1-3-18(40)10-14/h1-13,40-41H,(H,38,42,43). The fourth-order valence-corrected chi connectivity index (χ4v) is 5.65. The lowest BCUT2D eigenvalue weighted by Crippen LogP contribution is -2.55. The third kappa shape index (κ3) is 4.24. The molecule has 0 radical (unpaired) electrons. The van der Waals surface area contributed by atoms with E-state index in [4.69, 9.17) is 0 Å². The summed E-state index contributed by atoms with van der Waals surface area (Å²) in [6.07, 6.45) is -12.2. The van der Waals surface area contributed by atoms with Crippen LogP contribution in [0.4, 0.5) is 32.0 Å². The summed E-state index contributed by atoms with van der Waals surface area (Å²) in [7, 11) is 0. The molecular weight excluding hydrogens is 610 g/mol. The quantitative estimate of drug-likeness (QED) is 0.193. The summed E-state index contributed by atoms with van der Waals surface area (Å²) in [4.78, 5) is 51.1. The Morgan fingerprint density at radius 2 is 1.13 bits per heavy atom. The molecule has 0 atom stereocenters. The summed E-state index contributed by atoms with van der Waals surface area (Å²) >= 11 is 0. The first kappa shape index (κ1) is 29.4. The van der Waals surface area contributed by atoms with Crippen LogP contribution in [0.25, 0.3) is 11.1 Å². The molecule has 4 aromatic carbocycles. The highest BCUT2D eigenvalue weighted by molar-refractivity contribution is 6.35. The molecule has 6 rings (SSSR count). The summed E-state index contributed by atoms with van der Waals surface area (Å²) in [6.45, 7) is 0. The molecule has 4 amide bonds. The lowest BCUT2D eigenvalue weighted by atomic mass is 9.71. The van der Waals surface area contributed by atoms with E-state index in [0.717, 1.165) is 12.1 Å². The number of rotatable bonds is 4. The van der Waals surface area contributed by atoms with Crippen molar-refractivity contribution in [2.75, 3.05) is 4.90 Å². The van der Waals surface area contributed by atoms with Gasteiger partial charge in [-0.15, -0.1) is 0 Å². The van der Waals surface area contributed by atoms with Crippen LogP contribution in [0, 0.1) is 0 Å². The minimum absolute atomic E-state index is 0.0855. The van der Waals surface area contributed by atoms with Crippen molar-refractivity contribution in [3.05, 3.63) is 112 Å². The zero-order chi connectivity index (χ0) is 32.6. The van der Waals surface area contributed by atoms with Crippen LogP contribution >= 0.6 is 0 Å². The smallest absolute Gasteiger partial charge is 0.411 e. The number of phenols is 2. The molecule has 228 valence electrons. The van der Waals surface area contributed by atoms with Crippen LogP contribution in [-0.2, 0) is 5.41 Å². The Balaban J connectivity index is 1.48. The first-order valence-corrected chi connectivity index (χ1v) is 12.9. The Bertz CT molecular complexity index is 1970. The van der Waals surface area contributed by atoms with Gasteiger partial charge in [0.05, 0.1) is 27.9 Å². The number of carbonyl (C=O) groups excluding carboxylic acids is 4. The van der Waals surface area contributed by atoms with E-state index in [-0.39, 0.29) is 11.4 Å². The van der Waals surface area contributed by atoms with Crippen molar-refractivity contribution in [3.63, 3.8) is 0 Å². The fraction of sp³-hybridized carbons (Fsp3) is 0.0968. The average Bonchev–Trinajstić information content (AvgIpc) is 3.38. The molecule has 0 unspecified atom stereocenters. The van der Waals surface area contributed by atoms with Crippen LogP contribution in [0.1, 0.15) is 52.6 Å². The molecule has 0 saturated carbocycles. The monoisotopic (exact) mass is 626 g/mol. The number of nitrogens with zero attached hydrogens (tertiary/aromatic N) is 1. The molecule has 2 heterocycles. The number of hydrogen-bond donors (Lipinski definition) is 3. The van der Waals surface area contributed by atoms with Crippen LogP contribution in [0.5, 0.6) is 11.5 Å². The fourth-order valence-electron chi connectivity index (χ4n) is 5.65. The summed E-state index contributed by atoms with van der Waals surface area (Å²) < 4.78 is 88.8. The van der Waals surface area contributed by atoms with Crippen molar-refractivity contribution in [1.29, 1.82) is 0 Å². The highest BCUT2D eigenvalue weighted by Crippen LogP contribution is 2.57. The molecule has 14 heteroatoms. The number of phenolic OH excluding ortho intramolecular Hbond substituents is 2. The Hall–Kier alpha value is -5.66. The zero-order valence-electron chi connectivity index (χ0n) is 22.2. The third-order valence-electron chi connectivity index (χ3n) is 7.73. The molecular formula is C31H16F6N2O6. The maximum absolute atomic E-state index is 14.8. The largest absolute Gasteiger partial charge is 0.508 e. The minimum Gasteiger partial charge on any atom is -0.508 e. The number of imide groups is 2. The van der Waals surface area contributed by atoms with Crippen molar-refractivity contribution in [2.24, 2.45) is 0 Å². The maximum Gasteiger partial charge on any atom is 0.411 e. The van der Waals surface area contributed by atoms with Gasteiger partial charge in [0.1, 0.15) is 11.5 Å². The Labute approximate surface area is 248 Å². The van der Waals surface area contributed by atoms with Crippen molar-refractivity contribution in [3.8, 4) is 22.6 Å². The van der Waals surface area contributed by atoms with Gasteiger partial charge >= 0.3 is 12.4 Å². The number of benzene rings is 4. The topological polar surface area (TPSA) is 124 Å². The van der Waals surface area contributed by atoms with Gasteiger partial charge in [0, 0.05) is 0 Å². The molecule has 2 aliphatic rings. The van der Waals surface area contributed by atoms with Crippen molar-refractivity contribution >= 4 is 29.3 Å². The first-order chi connectivity index (χ1) is 21.1. The molecule has 4 aromatic rings. The van der Waals surface area contributed by atoms with Gasteiger partial charge in [-0.05, 0) is 70.8 Å². The van der Waals surface area contributed by atoms with E-state index in [0.29, 0.717) is 52.4 Å². The summed E-state index contributed by atoms with van der Waals surface area (Å²) in [5, 5.41) is 22.2. The average molecular weight is 626 g/mol. The number of carbonyl (C=O) groups is 4. The molecule has 0 bridgehead atoms. The van der Waals surface area contributed by atoms with E-state index in [1.165, 1.54) is 24.3 Å². The van der Waals surface area contributed by atoms with Crippen LogP contribution in [-0.4, -0.2) is 46.2 Å². The number of halogens is 6. The van der Waals surface area contributed by atoms with Crippen LogP contribution in [0.3, 0.4) is 0 Å². The second-order valence-corrected chi connectivity index (χ2v) is 10.2. The van der Waals surface area contributed by atoms with E-state index < -0.39 is 80.5 Å². The molecule has 2 aliphatic heterocycles.